The predicted octanol–water partition coefficient (Wildman–Crippen LogP) is 3.06. The van der Waals surface area contributed by atoms with Crippen molar-refractivity contribution in [3.05, 3.63) is 53.0 Å². The smallest absolute Gasteiger partial charge is 0.335 e. The van der Waals surface area contributed by atoms with Gasteiger partial charge in [0, 0.05) is 16.8 Å². The molecule has 2 aromatic carbocycles. The van der Waals surface area contributed by atoms with Crippen LogP contribution in [0.15, 0.2) is 58.0 Å². The highest BCUT2D eigenvalue weighted by Crippen LogP contribution is 2.25. The Hall–Kier alpha value is -3.00. The first kappa shape index (κ1) is 17.8. The number of nitrogens with zero attached hydrogens (tertiary/aromatic N) is 2. The maximum absolute atomic E-state index is 12.7. The number of carbonyl (C=O) groups excluding carboxylic acids is 3. The summed E-state index contributed by atoms with van der Waals surface area (Å²) in [6.07, 6.45) is 1.24. The lowest BCUT2D eigenvalue weighted by molar-refractivity contribution is -0.131. The third-order valence-corrected chi connectivity index (χ3v) is 4.24. The first-order chi connectivity index (χ1) is 12.5. The zero-order valence-corrected chi connectivity index (χ0v) is 15.3. The highest BCUT2D eigenvalue weighted by atomic mass is 79.9. The van der Waals surface area contributed by atoms with Crippen molar-refractivity contribution in [2.75, 3.05) is 12.0 Å². The van der Waals surface area contributed by atoms with Crippen molar-refractivity contribution in [1.82, 2.24) is 5.32 Å². The fourth-order valence-corrected chi connectivity index (χ4v) is 2.67. The monoisotopic (exact) mass is 415 g/mol. The molecule has 1 N–H and O–H groups in total. The van der Waals surface area contributed by atoms with E-state index in [2.05, 4.69) is 26.2 Å². The molecule has 0 bridgehead atoms. The lowest BCUT2D eigenvalue weighted by atomic mass is 10.1. The molecule has 7 nitrogen and oxygen atoms in total. The molecular weight excluding hydrogens is 402 g/mol. The summed E-state index contributed by atoms with van der Waals surface area (Å²) in [5.41, 5.74) is 0.889. The third kappa shape index (κ3) is 3.65. The van der Waals surface area contributed by atoms with Crippen molar-refractivity contribution in [2.45, 2.75) is 0 Å². The Balaban J connectivity index is 1.88. The van der Waals surface area contributed by atoms with Crippen LogP contribution in [0.2, 0.25) is 0 Å². The molecule has 0 saturated carbocycles. The van der Waals surface area contributed by atoms with Crippen molar-refractivity contribution < 1.29 is 19.1 Å². The quantitative estimate of drug-likeness (QED) is 0.613. The Morgan fingerprint density at radius 2 is 1.88 bits per heavy atom. The largest absolute Gasteiger partial charge is 0.497 e. The molecule has 3 rings (SSSR count). The molecule has 0 unspecified atom stereocenters. The van der Waals surface area contributed by atoms with E-state index in [9.17, 15) is 14.4 Å². The van der Waals surface area contributed by atoms with Crippen molar-refractivity contribution in [3.63, 3.8) is 0 Å². The van der Waals surface area contributed by atoms with E-state index < -0.39 is 23.8 Å². The van der Waals surface area contributed by atoms with Gasteiger partial charge >= 0.3 is 6.03 Å². The lowest BCUT2D eigenvalue weighted by Gasteiger charge is -2.28. The summed E-state index contributed by atoms with van der Waals surface area (Å²) in [5.74, 6) is -2.10. The van der Waals surface area contributed by atoms with E-state index in [0.717, 1.165) is 9.37 Å². The fraction of sp³-hybridized carbons (Fsp3) is 0.111. The first-order valence-electron chi connectivity index (χ1n) is 7.62. The van der Waals surface area contributed by atoms with Gasteiger partial charge in [-0.1, -0.05) is 22.0 Å². The zero-order chi connectivity index (χ0) is 18.7. The molecule has 1 heterocycles. The van der Waals surface area contributed by atoms with Gasteiger partial charge in [0.2, 0.25) is 5.91 Å². The fourth-order valence-electron chi connectivity index (χ4n) is 2.40. The van der Waals surface area contributed by atoms with Crippen LogP contribution in [0.4, 0.5) is 16.2 Å². The highest BCUT2D eigenvalue weighted by Gasteiger charge is 2.40. The van der Waals surface area contributed by atoms with Crippen molar-refractivity contribution >= 4 is 51.4 Å². The number of anilines is 1. The van der Waals surface area contributed by atoms with Gasteiger partial charge in [-0.15, -0.1) is 0 Å². The standard InChI is InChI=1S/C18H14BrN3O4/c1-26-14-4-2-3-13(9-14)22-17(24)15(16(23)21-18(22)25)10-20-12-7-5-11(19)6-8-12/h2-10,15H,1H3,(H,21,23,25)/t15-/m0/s1. The van der Waals surface area contributed by atoms with Crippen LogP contribution in [0.1, 0.15) is 0 Å². The van der Waals surface area contributed by atoms with Gasteiger partial charge in [-0.05, 0) is 36.4 Å². The average Bonchev–Trinajstić information content (AvgIpc) is 2.63. The molecule has 0 spiro atoms. The van der Waals surface area contributed by atoms with Gasteiger partial charge in [0.05, 0.1) is 18.5 Å². The van der Waals surface area contributed by atoms with Gasteiger partial charge in [0.25, 0.3) is 5.91 Å². The normalized spacial score (nSPS) is 17.5. The van der Waals surface area contributed by atoms with E-state index in [4.69, 9.17) is 4.74 Å². The third-order valence-electron chi connectivity index (χ3n) is 3.71. The highest BCUT2D eigenvalue weighted by molar-refractivity contribution is 9.10. The number of barbiturate groups is 1. The second-order valence-corrected chi connectivity index (χ2v) is 6.32. The number of methoxy groups -OCH3 is 1. The topological polar surface area (TPSA) is 88.1 Å². The number of ether oxygens (including phenoxy) is 1. The molecule has 8 heteroatoms. The lowest BCUT2D eigenvalue weighted by Crippen LogP contribution is -2.58. The van der Waals surface area contributed by atoms with E-state index in [1.54, 1.807) is 42.5 Å². The number of carbonyl (C=O) groups is 3. The van der Waals surface area contributed by atoms with Gasteiger partial charge < -0.3 is 4.74 Å². The summed E-state index contributed by atoms with van der Waals surface area (Å²) in [6.45, 7) is 0. The summed E-state index contributed by atoms with van der Waals surface area (Å²) in [7, 11) is 1.48. The van der Waals surface area contributed by atoms with Gasteiger partial charge in [-0.3, -0.25) is 19.9 Å². The van der Waals surface area contributed by atoms with Crippen LogP contribution in [0.5, 0.6) is 5.75 Å². The van der Waals surface area contributed by atoms with E-state index in [1.807, 2.05) is 0 Å². The van der Waals surface area contributed by atoms with Crippen LogP contribution < -0.4 is 15.0 Å². The Labute approximate surface area is 157 Å². The molecule has 1 saturated heterocycles. The summed E-state index contributed by atoms with van der Waals surface area (Å²) in [5, 5.41) is 2.18. The molecule has 1 fully saturated rings. The summed E-state index contributed by atoms with van der Waals surface area (Å²) < 4.78 is 6.00. The van der Waals surface area contributed by atoms with E-state index in [0.29, 0.717) is 17.1 Å². The minimum absolute atomic E-state index is 0.307. The van der Waals surface area contributed by atoms with Gasteiger partial charge in [0.1, 0.15) is 5.75 Å². The summed E-state index contributed by atoms with van der Waals surface area (Å²) in [6, 6.07) is 12.7. The van der Waals surface area contributed by atoms with Crippen LogP contribution in [-0.4, -0.2) is 31.2 Å². The number of benzene rings is 2. The molecule has 0 aliphatic carbocycles. The van der Waals surface area contributed by atoms with E-state index in [1.165, 1.54) is 19.4 Å². The zero-order valence-electron chi connectivity index (χ0n) is 13.7. The Morgan fingerprint density at radius 3 is 2.58 bits per heavy atom. The number of urea groups is 1. The number of amides is 4. The minimum atomic E-state index is -1.21. The first-order valence-corrected chi connectivity index (χ1v) is 8.41. The molecule has 2 aromatic rings. The second-order valence-electron chi connectivity index (χ2n) is 5.40. The van der Waals surface area contributed by atoms with Gasteiger partial charge in [-0.25, -0.2) is 9.69 Å². The number of imide groups is 2. The second kappa shape index (κ2) is 7.49. The number of rotatable bonds is 4. The number of hydrogen-bond acceptors (Lipinski definition) is 5. The number of halogens is 1. The summed E-state index contributed by atoms with van der Waals surface area (Å²) >= 11 is 3.32. The van der Waals surface area contributed by atoms with Crippen LogP contribution in [0.25, 0.3) is 0 Å². The Morgan fingerprint density at radius 1 is 1.15 bits per heavy atom. The summed E-state index contributed by atoms with van der Waals surface area (Å²) in [4.78, 5) is 42.0. The predicted molar refractivity (Wildman–Crippen MR) is 99.8 cm³/mol. The molecule has 1 atom stereocenters. The molecule has 1 aliphatic rings. The van der Waals surface area contributed by atoms with Gasteiger partial charge in [0.15, 0.2) is 5.92 Å². The van der Waals surface area contributed by atoms with Gasteiger partial charge in [-0.2, -0.15) is 0 Å². The maximum Gasteiger partial charge on any atom is 0.335 e. The van der Waals surface area contributed by atoms with E-state index >= 15 is 0 Å². The Bertz CT molecular complexity index is 896. The molecular formula is C18H14BrN3O4. The molecule has 26 heavy (non-hydrogen) atoms. The molecule has 0 aromatic heterocycles. The maximum atomic E-state index is 12.7. The molecule has 0 radical (unpaired) electrons. The van der Waals surface area contributed by atoms with Crippen molar-refractivity contribution in [2.24, 2.45) is 10.9 Å². The number of hydrogen-bond donors (Lipinski definition) is 1. The number of aliphatic imine (C=N–C) groups is 1. The van der Waals surface area contributed by atoms with Crippen LogP contribution in [0, 0.1) is 5.92 Å². The van der Waals surface area contributed by atoms with Crippen molar-refractivity contribution in [1.29, 1.82) is 0 Å². The van der Waals surface area contributed by atoms with Crippen LogP contribution >= 0.6 is 15.9 Å². The number of nitrogens with one attached hydrogen (secondary N) is 1. The van der Waals surface area contributed by atoms with E-state index in [-0.39, 0.29) is 0 Å². The van der Waals surface area contributed by atoms with Crippen molar-refractivity contribution in [3.8, 4) is 5.75 Å². The Kier molecular flexibility index (Phi) is 5.13. The molecule has 4 amide bonds. The average molecular weight is 416 g/mol. The molecule has 132 valence electrons. The SMILES string of the molecule is COc1cccc(N2C(=O)NC(=O)[C@H](C=Nc3ccc(Br)cc3)C2=O)c1. The molecule has 1 aliphatic heterocycles. The minimum Gasteiger partial charge on any atom is -0.497 e. The van der Waals surface area contributed by atoms with Crippen LogP contribution in [-0.2, 0) is 9.59 Å². The van der Waals surface area contributed by atoms with Crippen LogP contribution in [0.3, 0.4) is 0 Å².